The third-order valence-corrected chi connectivity index (χ3v) is 5.65. The molecule has 1 fully saturated rings. The summed E-state index contributed by atoms with van der Waals surface area (Å²) in [6, 6.07) is 9.14. The number of carbonyl (C=O) groups is 1. The molecule has 7 heteroatoms. The third-order valence-electron chi connectivity index (χ3n) is 4.51. The van der Waals surface area contributed by atoms with Crippen molar-refractivity contribution in [3.05, 3.63) is 52.2 Å². The first-order valence-electron chi connectivity index (χ1n) is 8.79. The van der Waals surface area contributed by atoms with Crippen molar-refractivity contribution in [3.63, 3.8) is 0 Å². The number of rotatable bonds is 4. The number of likely N-dealkylation sites (tertiary alicyclic amines) is 1. The number of hydrogen-bond donors (Lipinski definition) is 0. The first-order valence-corrected chi connectivity index (χ1v) is 9.67. The summed E-state index contributed by atoms with van der Waals surface area (Å²) >= 11 is 1.60. The molecule has 3 heterocycles. The van der Waals surface area contributed by atoms with Crippen molar-refractivity contribution in [1.29, 1.82) is 0 Å². The molecule has 0 bridgehead atoms. The van der Waals surface area contributed by atoms with E-state index in [1.165, 1.54) is 0 Å². The fourth-order valence-corrected chi connectivity index (χ4v) is 3.96. The number of nitrogens with zero attached hydrogens (tertiary/aromatic N) is 4. The zero-order valence-electron chi connectivity index (χ0n) is 14.8. The molecule has 1 amide bonds. The smallest absolute Gasteiger partial charge is 0.254 e. The molecule has 1 atom stereocenters. The maximum Gasteiger partial charge on any atom is 0.254 e. The van der Waals surface area contributed by atoms with Gasteiger partial charge in [0.05, 0.1) is 5.01 Å². The van der Waals surface area contributed by atoms with E-state index in [2.05, 4.69) is 29.0 Å². The van der Waals surface area contributed by atoms with E-state index in [0.717, 1.165) is 23.5 Å². The normalized spacial score (nSPS) is 17.2. The molecule has 0 aliphatic carbocycles. The molecule has 1 aliphatic rings. The van der Waals surface area contributed by atoms with Gasteiger partial charge in [0.1, 0.15) is 11.7 Å². The van der Waals surface area contributed by atoms with Gasteiger partial charge in [0.25, 0.3) is 5.91 Å². The van der Waals surface area contributed by atoms with E-state index in [1.54, 1.807) is 11.3 Å². The Hall–Kier alpha value is -2.54. The maximum atomic E-state index is 12.8. The van der Waals surface area contributed by atoms with E-state index in [1.807, 2.05) is 40.6 Å². The Kier molecular flexibility index (Phi) is 4.55. The molecule has 134 valence electrons. The van der Waals surface area contributed by atoms with E-state index in [-0.39, 0.29) is 11.9 Å². The van der Waals surface area contributed by atoms with Gasteiger partial charge in [-0.25, -0.2) is 4.98 Å². The zero-order chi connectivity index (χ0) is 18.1. The van der Waals surface area contributed by atoms with Crippen LogP contribution in [0, 0.1) is 0 Å². The fourth-order valence-electron chi connectivity index (χ4n) is 3.14. The monoisotopic (exact) mass is 368 g/mol. The Balaban J connectivity index is 1.57. The van der Waals surface area contributed by atoms with Gasteiger partial charge in [-0.3, -0.25) is 4.79 Å². The highest BCUT2D eigenvalue weighted by Gasteiger charge is 2.34. The SMILES string of the molecule is CC(C)c1nc(-c2noc([C@H]3CCCN3C(=O)c3ccccc3)n2)cs1. The Bertz CT molecular complexity index is 903. The molecule has 0 saturated carbocycles. The van der Waals surface area contributed by atoms with Gasteiger partial charge in [0.2, 0.25) is 11.7 Å². The van der Waals surface area contributed by atoms with Crippen molar-refractivity contribution in [3.8, 4) is 11.5 Å². The van der Waals surface area contributed by atoms with Gasteiger partial charge in [-0.15, -0.1) is 11.3 Å². The molecular weight excluding hydrogens is 348 g/mol. The molecule has 3 aromatic rings. The minimum atomic E-state index is -0.174. The number of hydrogen-bond acceptors (Lipinski definition) is 6. The van der Waals surface area contributed by atoms with E-state index in [0.29, 0.717) is 29.7 Å². The lowest BCUT2D eigenvalue weighted by Gasteiger charge is -2.21. The molecule has 0 N–H and O–H groups in total. The van der Waals surface area contributed by atoms with Gasteiger partial charge in [-0.05, 0) is 25.0 Å². The van der Waals surface area contributed by atoms with E-state index in [4.69, 9.17) is 4.52 Å². The van der Waals surface area contributed by atoms with Crippen molar-refractivity contribution in [2.45, 2.75) is 38.6 Å². The molecule has 0 spiro atoms. The van der Waals surface area contributed by atoms with Crippen LogP contribution >= 0.6 is 11.3 Å². The lowest BCUT2D eigenvalue weighted by molar-refractivity contribution is 0.0710. The highest BCUT2D eigenvalue weighted by Crippen LogP contribution is 2.33. The summed E-state index contributed by atoms with van der Waals surface area (Å²) in [5.41, 5.74) is 1.41. The number of amides is 1. The van der Waals surface area contributed by atoms with Crippen molar-refractivity contribution < 1.29 is 9.32 Å². The van der Waals surface area contributed by atoms with Crippen molar-refractivity contribution >= 4 is 17.2 Å². The Labute approximate surface area is 155 Å². The summed E-state index contributed by atoms with van der Waals surface area (Å²) in [4.78, 5) is 23.7. The number of aromatic nitrogens is 3. The topological polar surface area (TPSA) is 72.1 Å². The summed E-state index contributed by atoms with van der Waals surface area (Å²) in [5.74, 6) is 1.35. The predicted octanol–water partition coefficient (Wildman–Crippen LogP) is 4.29. The molecule has 2 aromatic heterocycles. The van der Waals surface area contributed by atoms with Crippen LogP contribution in [0.4, 0.5) is 0 Å². The zero-order valence-corrected chi connectivity index (χ0v) is 15.6. The first kappa shape index (κ1) is 16.9. The number of carbonyl (C=O) groups excluding carboxylic acids is 1. The van der Waals surface area contributed by atoms with Gasteiger partial charge in [0, 0.05) is 23.4 Å². The molecular formula is C19H20N4O2S. The molecule has 4 rings (SSSR count). The fraction of sp³-hybridized carbons (Fsp3) is 0.368. The van der Waals surface area contributed by atoms with Crippen LogP contribution in [0.15, 0.2) is 40.2 Å². The Morgan fingerprint density at radius 3 is 2.81 bits per heavy atom. The number of thiazole rings is 1. The van der Waals surface area contributed by atoms with Crippen LogP contribution in [-0.2, 0) is 0 Å². The van der Waals surface area contributed by atoms with Crippen LogP contribution in [0.5, 0.6) is 0 Å². The predicted molar refractivity (Wildman–Crippen MR) is 98.9 cm³/mol. The lowest BCUT2D eigenvalue weighted by Crippen LogP contribution is -2.30. The van der Waals surface area contributed by atoms with Crippen molar-refractivity contribution in [2.75, 3.05) is 6.54 Å². The summed E-state index contributed by atoms with van der Waals surface area (Å²) in [6.45, 7) is 4.91. The average Bonchev–Trinajstić information content (AvgIpc) is 3.40. The minimum absolute atomic E-state index is 0.00334. The summed E-state index contributed by atoms with van der Waals surface area (Å²) < 4.78 is 5.50. The molecule has 0 unspecified atom stereocenters. The van der Waals surface area contributed by atoms with Crippen molar-refractivity contribution in [1.82, 2.24) is 20.0 Å². The van der Waals surface area contributed by atoms with Gasteiger partial charge in [-0.2, -0.15) is 4.98 Å². The lowest BCUT2D eigenvalue weighted by atomic mass is 10.1. The minimum Gasteiger partial charge on any atom is -0.337 e. The number of benzene rings is 1. The average molecular weight is 368 g/mol. The highest BCUT2D eigenvalue weighted by molar-refractivity contribution is 7.10. The molecule has 1 aromatic carbocycles. The van der Waals surface area contributed by atoms with Crippen LogP contribution in [0.1, 0.15) is 59.9 Å². The van der Waals surface area contributed by atoms with Crippen LogP contribution in [0.3, 0.4) is 0 Å². The standard InChI is InChI=1S/C19H20N4O2S/c1-12(2)18-20-14(11-26-18)16-21-17(25-22-16)15-9-6-10-23(15)19(24)13-7-4-3-5-8-13/h3-5,7-8,11-12,15H,6,9-10H2,1-2H3/t15-/m1/s1. The van der Waals surface area contributed by atoms with E-state index in [9.17, 15) is 4.79 Å². The highest BCUT2D eigenvalue weighted by atomic mass is 32.1. The van der Waals surface area contributed by atoms with Gasteiger partial charge in [0.15, 0.2) is 0 Å². The van der Waals surface area contributed by atoms with Crippen LogP contribution in [0.25, 0.3) is 11.5 Å². The maximum absolute atomic E-state index is 12.8. The Morgan fingerprint density at radius 2 is 2.08 bits per heavy atom. The van der Waals surface area contributed by atoms with Crippen molar-refractivity contribution in [2.24, 2.45) is 0 Å². The van der Waals surface area contributed by atoms with E-state index < -0.39 is 0 Å². The quantitative estimate of drug-likeness (QED) is 0.687. The van der Waals surface area contributed by atoms with Crippen LogP contribution in [0.2, 0.25) is 0 Å². The first-order chi connectivity index (χ1) is 12.6. The summed E-state index contributed by atoms with van der Waals surface area (Å²) in [7, 11) is 0. The molecule has 0 radical (unpaired) electrons. The third kappa shape index (κ3) is 3.14. The Morgan fingerprint density at radius 1 is 1.27 bits per heavy atom. The van der Waals surface area contributed by atoms with E-state index >= 15 is 0 Å². The second-order valence-electron chi connectivity index (χ2n) is 6.70. The molecule has 1 aliphatic heterocycles. The second kappa shape index (κ2) is 6.99. The largest absolute Gasteiger partial charge is 0.337 e. The van der Waals surface area contributed by atoms with Crippen LogP contribution < -0.4 is 0 Å². The van der Waals surface area contributed by atoms with Gasteiger partial charge in [-0.1, -0.05) is 37.2 Å². The molecule has 6 nitrogen and oxygen atoms in total. The van der Waals surface area contributed by atoms with Gasteiger partial charge >= 0.3 is 0 Å². The second-order valence-corrected chi connectivity index (χ2v) is 7.59. The van der Waals surface area contributed by atoms with Gasteiger partial charge < -0.3 is 9.42 Å². The summed E-state index contributed by atoms with van der Waals surface area (Å²) in [5, 5.41) is 7.09. The molecule has 26 heavy (non-hydrogen) atoms. The molecule has 1 saturated heterocycles. The summed E-state index contributed by atoms with van der Waals surface area (Å²) in [6.07, 6.45) is 1.75. The van der Waals surface area contributed by atoms with Crippen LogP contribution in [-0.4, -0.2) is 32.5 Å².